The second kappa shape index (κ2) is 8.68. The standard InChI is InChI=1S/C17H27N3O5S2/c1-4-13-26(22,23)14(2)17(21)18-15-5-7-16(8-6-15)27(24,25)20-11-9-19(3)10-12-20/h5-8,14H,4,9-13H2,1-3H3,(H,18,21). The van der Waals surface area contributed by atoms with Crippen LogP contribution in [0.15, 0.2) is 29.2 Å². The molecule has 1 atom stereocenters. The number of amides is 1. The predicted molar refractivity (Wildman–Crippen MR) is 105 cm³/mol. The molecule has 0 spiro atoms. The van der Waals surface area contributed by atoms with Crippen LogP contribution in [-0.2, 0) is 24.7 Å². The van der Waals surface area contributed by atoms with Gasteiger partial charge in [0.2, 0.25) is 15.9 Å². The summed E-state index contributed by atoms with van der Waals surface area (Å²) in [7, 11) is -5.13. The Labute approximate surface area is 161 Å². The van der Waals surface area contributed by atoms with Crippen molar-refractivity contribution in [1.82, 2.24) is 9.21 Å². The van der Waals surface area contributed by atoms with Crippen LogP contribution >= 0.6 is 0 Å². The number of piperazine rings is 1. The highest BCUT2D eigenvalue weighted by molar-refractivity contribution is 7.92. The Hall–Kier alpha value is -1.49. The third-order valence-electron chi connectivity index (χ3n) is 4.62. The average Bonchev–Trinajstić information content (AvgIpc) is 2.61. The van der Waals surface area contributed by atoms with Gasteiger partial charge in [-0.1, -0.05) is 6.92 Å². The minimum atomic E-state index is -3.58. The van der Waals surface area contributed by atoms with E-state index in [1.807, 2.05) is 7.05 Å². The molecule has 1 aromatic rings. The second-order valence-corrected chi connectivity index (χ2v) is 11.1. The number of hydrogen-bond acceptors (Lipinski definition) is 6. The molecule has 1 aromatic carbocycles. The number of nitrogens with zero attached hydrogens (tertiary/aromatic N) is 2. The first-order chi connectivity index (χ1) is 12.6. The maximum absolute atomic E-state index is 12.7. The van der Waals surface area contributed by atoms with Gasteiger partial charge in [0.15, 0.2) is 9.84 Å². The number of anilines is 1. The first-order valence-corrected chi connectivity index (χ1v) is 12.0. The quantitative estimate of drug-likeness (QED) is 0.703. The van der Waals surface area contributed by atoms with Crippen molar-refractivity contribution in [3.8, 4) is 0 Å². The molecule has 27 heavy (non-hydrogen) atoms. The summed E-state index contributed by atoms with van der Waals surface area (Å²) in [6.45, 7) is 5.32. The average molecular weight is 418 g/mol. The molecule has 1 saturated heterocycles. The van der Waals surface area contributed by atoms with Gasteiger partial charge in [0.1, 0.15) is 5.25 Å². The molecule has 0 bridgehead atoms. The lowest BCUT2D eigenvalue weighted by molar-refractivity contribution is -0.115. The van der Waals surface area contributed by atoms with Crippen LogP contribution in [0.25, 0.3) is 0 Å². The van der Waals surface area contributed by atoms with Crippen LogP contribution in [0.3, 0.4) is 0 Å². The second-order valence-electron chi connectivity index (χ2n) is 6.73. The van der Waals surface area contributed by atoms with E-state index in [2.05, 4.69) is 10.2 Å². The number of sulfone groups is 1. The summed E-state index contributed by atoms with van der Waals surface area (Å²) in [5.74, 6) is -0.679. The molecule has 0 aliphatic carbocycles. The normalized spacial score (nSPS) is 18.2. The third kappa shape index (κ3) is 5.28. The van der Waals surface area contributed by atoms with Gasteiger partial charge in [-0.3, -0.25) is 4.79 Å². The number of hydrogen-bond donors (Lipinski definition) is 1. The molecule has 1 amide bonds. The fourth-order valence-corrected chi connectivity index (χ4v) is 5.49. The highest BCUT2D eigenvalue weighted by atomic mass is 32.2. The molecule has 0 radical (unpaired) electrons. The number of benzene rings is 1. The van der Waals surface area contributed by atoms with Gasteiger partial charge in [0.25, 0.3) is 0 Å². The lowest BCUT2D eigenvalue weighted by atomic mass is 10.3. The zero-order valence-corrected chi connectivity index (χ0v) is 17.5. The van der Waals surface area contributed by atoms with Gasteiger partial charge < -0.3 is 10.2 Å². The maximum Gasteiger partial charge on any atom is 0.243 e. The molecule has 1 unspecified atom stereocenters. The molecular weight excluding hydrogens is 390 g/mol. The van der Waals surface area contributed by atoms with E-state index in [4.69, 9.17) is 0 Å². The van der Waals surface area contributed by atoms with E-state index in [0.717, 1.165) is 0 Å². The number of carbonyl (C=O) groups is 1. The Bertz CT molecular complexity index is 858. The molecule has 8 nitrogen and oxygen atoms in total. The van der Waals surface area contributed by atoms with Crippen molar-refractivity contribution in [1.29, 1.82) is 0 Å². The zero-order valence-electron chi connectivity index (χ0n) is 15.9. The van der Waals surface area contributed by atoms with Gasteiger partial charge in [-0.05, 0) is 44.7 Å². The van der Waals surface area contributed by atoms with Crippen molar-refractivity contribution in [3.63, 3.8) is 0 Å². The van der Waals surface area contributed by atoms with Crippen LogP contribution in [0.5, 0.6) is 0 Å². The fraction of sp³-hybridized carbons (Fsp3) is 0.588. The molecule has 2 rings (SSSR count). The number of rotatable bonds is 7. The summed E-state index contributed by atoms with van der Waals surface area (Å²) in [6.07, 6.45) is 0.443. The summed E-state index contributed by atoms with van der Waals surface area (Å²) < 4.78 is 50.8. The maximum atomic E-state index is 12.7. The summed E-state index contributed by atoms with van der Waals surface area (Å²) in [6, 6.07) is 5.79. The van der Waals surface area contributed by atoms with Crippen LogP contribution in [-0.4, -0.2) is 76.2 Å². The Morgan fingerprint density at radius 3 is 2.15 bits per heavy atom. The third-order valence-corrected chi connectivity index (χ3v) is 8.80. The highest BCUT2D eigenvalue weighted by Gasteiger charge is 2.29. The number of sulfonamides is 1. The van der Waals surface area contributed by atoms with Gasteiger partial charge in [-0.25, -0.2) is 16.8 Å². The lowest BCUT2D eigenvalue weighted by Gasteiger charge is -2.31. The first kappa shape index (κ1) is 21.8. The van der Waals surface area contributed by atoms with Crippen molar-refractivity contribution < 1.29 is 21.6 Å². The van der Waals surface area contributed by atoms with E-state index in [1.165, 1.54) is 35.5 Å². The van der Waals surface area contributed by atoms with Gasteiger partial charge in [-0.15, -0.1) is 0 Å². The molecule has 0 saturated carbocycles. The van der Waals surface area contributed by atoms with Gasteiger partial charge in [-0.2, -0.15) is 4.31 Å². The van der Waals surface area contributed by atoms with Crippen LogP contribution in [0.1, 0.15) is 20.3 Å². The molecule has 1 fully saturated rings. The minimum absolute atomic E-state index is 0.0518. The lowest BCUT2D eigenvalue weighted by Crippen LogP contribution is -2.46. The van der Waals surface area contributed by atoms with Crippen molar-refractivity contribution >= 4 is 31.5 Å². The Morgan fingerprint density at radius 1 is 1.07 bits per heavy atom. The van der Waals surface area contributed by atoms with E-state index >= 15 is 0 Å². The van der Waals surface area contributed by atoms with Crippen molar-refractivity contribution in [2.24, 2.45) is 0 Å². The summed E-state index contributed by atoms with van der Waals surface area (Å²) >= 11 is 0. The number of carbonyl (C=O) groups excluding carboxylic acids is 1. The van der Waals surface area contributed by atoms with Gasteiger partial charge in [0.05, 0.1) is 10.6 Å². The van der Waals surface area contributed by atoms with E-state index in [-0.39, 0.29) is 10.6 Å². The first-order valence-electron chi connectivity index (χ1n) is 8.89. The summed E-state index contributed by atoms with van der Waals surface area (Å²) in [5, 5.41) is 1.38. The fourth-order valence-electron chi connectivity index (χ4n) is 2.76. The Balaban J connectivity index is 2.08. The van der Waals surface area contributed by atoms with E-state index < -0.39 is 31.0 Å². The summed E-state index contributed by atoms with van der Waals surface area (Å²) in [5.41, 5.74) is 0.357. The van der Waals surface area contributed by atoms with Crippen molar-refractivity contribution in [2.75, 3.05) is 44.3 Å². The minimum Gasteiger partial charge on any atom is -0.325 e. The van der Waals surface area contributed by atoms with Crippen molar-refractivity contribution in [2.45, 2.75) is 30.4 Å². The van der Waals surface area contributed by atoms with Crippen LogP contribution < -0.4 is 5.32 Å². The predicted octanol–water partition coefficient (Wildman–Crippen LogP) is 0.775. The molecule has 1 aliphatic heterocycles. The van der Waals surface area contributed by atoms with Crippen LogP contribution in [0.2, 0.25) is 0 Å². The molecule has 0 aromatic heterocycles. The summed E-state index contributed by atoms with van der Waals surface area (Å²) in [4.78, 5) is 14.4. The van der Waals surface area contributed by atoms with E-state index in [1.54, 1.807) is 6.92 Å². The Kier molecular flexibility index (Phi) is 7.01. The van der Waals surface area contributed by atoms with E-state index in [0.29, 0.717) is 38.3 Å². The number of likely N-dealkylation sites (N-methyl/N-ethyl adjacent to an activating group) is 1. The monoisotopic (exact) mass is 417 g/mol. The molecule has 10 heteroatoms. The molecule has 1 N–H and O–H groups in total. The van der Waals surface area contributed by atoms with Gasteiger partial charge in [0, 0.05) is 31.9 Å². The smallest absolute Gasteiger partial charge is 0.243 e. The van der Waals surface area contributed by atoms with E-state index in [9.17, 15) is 21.6 Å². The number of nitrogens with one attached hydrogen (secondary N) is 1. The van der Waals surface area contributed by atoms with Crippen LogP contribution in [0.4, 0.5) is 5.69 Å². The van der Waals surface area contributed by atoms with Gasteiger partial charge >= 0.3 is 0 Å². The molecule has 1 aliphatic rings. The largest absolute Gasteiger partial charge is 0.325 e. The van der Waals surface area contributed by atoms with Crippen LogP contribution in [0, 0.1) is 0 Å². The van der Waals surface area contributed by atoms with Crippen molar-refractivity contribution in [3.05, 3.63) is 24.3 Å². The molecule has 1 heterocycles. The molecule has 152 valence electrons. The Morgan fingerprint density at radius 2 is 1.63 bits per heavy atom. The zero-order chi connectivity index (χ0) is 20.2. The SMILES string of the molecule is CCCS(=O)(=O)C(C)C(=O)Nc1ccc(S(=O)(=O)N2CCN(C)CC2)cc1. The highest BCUT2D eigenvalue weighted by Crippen LogP contribution is 2.20. The topological polar surface area (TPSA) is 104 Å². The molecular formula is C17H27N3O5S2.